The summed E-state index contributed by atoms with van der Waals surface area (Å²) in [6.07, 6.45) is 3.58. The molecule has 2 aliphatic rings. The summed E-state index contributed by atoms with van der Waals surface area (Å²) in [5, 5.41) is 5.31. The number of likely N-dealkylation sites (tertiary alicyclic amines) is 1. The van der Waals surface area contributed by atoms with Gasteiger partial charge in [-0.1, -0.05) is 36.8 Å². The molecule has 1 unspecified atom stereocenters. The first-order chi connectivity index (χ1) is 12.1. The molecule has 2 heterocycles. The average molecular weight is 344 g/mol. The van der Waals surface area contributed by atoms with Gasteiger partial charge in [-0.3, -0.25) is 19.4 Å². The Bertz CT molecular complexity index is 612. The zero-order valence-electron chi connectivity index (χ0n) is 14.2. The Morgan fingerprint density at radius 2 is 1.84 bits per heavy atom. The van der Waals surface area contributed by atoms with Gasteiger partial charge < -0.3 is 10.6 Å². The number of amides is 4. The molecule has 7 nitrogen and oxygen atoms in total. The largest absolute Gasteiger partial charge is 0.353 e. The summed E-state index contributed by atoms with van der Waals surface area (Å²) < 4.78 is 0. The smallest absolute Gasteiger partial charge is 0.325 e. The summed E-state index contributed by atoms with van der Waals surface area (Å²) in [6, 6.07) is 9.73. The Morgan fingerprint density at radius 1 is 1.12 bits per heavy atom. The predicted octanol–water partition coefficient (Wildman–Crippen LogP) is 0.882. The maximum atomic E-state index is 12.2. The molecule has 3 rings (SSSR count). The number of urea groups is 1. The Balaban J connectivity index is 1.61. The van der Waals surface area contributed by atoms with Gasteiger partial charge in [-0.15, -0.1) is 0 Å². The number of rotatable bonds is 6. The fraction of sp³-hybridized carbons (Fsp3) is 0.500. The molecule has 0 radical (unpaired) electrons. The van der Waals surface area contributed by atoms with Crippen LogP contribution in [0.4, 0.5) is 4.79 Å². The Labute approximate surface area is 147 Å². The van der Waals surface area contributed by atoms with E-state index < -0.39 is 6.03 Å². The fourth-order valence-electron chi connectivity index (χ4n) is 3.39. The molecular formula is C18H24N4O3. The number of carbonyl (C=O) groups is 3. The van der Waals surface area contributed by atoms with Crippen LogP contribution in [0.3, 0.4) is 0 Å². The molecule has 7 heteroatoms. The van der Waals surface area contributed by atoms with Gasteiger partial charge in [0.15, 0.2) is 0 Å². The second-order valence-electron chi connectivity index (χ2n) is 6.47. The van der Waals surface area contributed by atoms with Gasteiger partial charge in [-0.2, -0.15) is 0 Å². The van der Waals surface area contributed by atoms with Crippen molar-refractivity contribution in [2.24, 2.45) is 0 Å². The number of piperidine rings is 1. The van der Waals surface area contributed by atoms with Crippen LogP contribution in [-0.4, -0.2) is 60.4 Å². The van der Waals surface area contributed by atoms with Crippen molar-refractivity contribution in [3.05, 3.63) is 35.9 Å². The second kappa shape index (κ2) is 8.11. The Hall–Kier alpha value is -2.41. The van der Waals surface area contributed by atoms with Crippen molar-refractivity contribution < 1.29 is 14.4 Å². The lowest BCUT2D eigenvalue weighted by atomic mass is 10.0. The van der Waals surface area contributed by atoms with E-state index in [0.717, 1.165) is 18.0 Å². The quantitative estimate of drug-likeness (QED) is 0.751. The zero-order valence-corrected chi connectivity index (χ0v) is 14.2. The summed E-state index contributed by atoms with van der Waals surface area (Å²) >= 11 is 0. The van der Waals surface area contributed by atoms with E-state index in [1.807, 2.05) is 18.2 Å². The highest BCUT2D eigenvalue weighted by Crippen LogP contribution is 2.23. The van der Waals surface area contributed by atoms with Crippen LogP contribution in [0, 0.1) is 0 Å². The van der Waals surface area contributed by atoms with Crippen molar-refractivity contribution in [1.82, 2.24) is 20.4 Å². The maximum Gasteiger partial charge on any atom is 0.325 e. The Kier molecular flexibility index (Phi) is 5.65. The predicted molar refractivity (Wildman–Crippen MR) is 92.7 cm³/mol. The minimum atomic E-state index is -0.504. The van der Waals surface area contributed by atoms with E-state index in [1.165, 1.54) is 24.8 Å². The van der Waals surface area contributed by atoms with Crippen LogP contribution >= 0.6 is 0 Å². The number of nitrogens with zero attached hydrogens (tertiary/aromatic N) is 2. The molecule has 0 bridgehead atoms. The maximum absolute atomic E-state index is 12.2. The summed E-state index contributed by atoms with van der Waals surface area (Å²) in [5.41, 5.74) is 1.17. The van der Waals surface area contributed by atoms with E-state index in [1.54, 1.807) is 0 Å². The molecule has 0 aliphatic carbocycles. The molecule has 1 aromatic carbocycles. The minimum Gasteiger partial charge on any atom is -0.353 e. The van der Waals surface area contributed by atoms with E-state index in [9.17, 15) is 14.4 Å². The molecule has 0 aromatic heterocycles. The van der Waals surface area contributed by atoms with Crippen LogP contribution in [0.15, 0.2) is 30.3 Å². The molecule has 1 atom stereocenters. The van der Waals surface area contributed by atoms with Crippen LogP contribution in [0.5, 0.6) is 0 Å². The first-order valence-corrected chi connectivity index (χ1v) is 8.79. The first-order valence-electron chi connectivity index (χ1n) is 8.79. The molecule has 4 amide bonds. The molecule has 0 spiro atoms. The SMILES string of the molecule is O=C(CN1C(=O)CNC1=O)NCC(c1ccccc1)N1CCCCC1. The van der Waals surface area contributed by atoms with Gasteiger partial charge >= 0.3 is 6.03 Å². The number of hydrogen-bond donors (Lipinski definition) is 2. The summed E-state index contributed by atoms with van der Waals surface area (Å²) in [5.74, 6) is -0.681. The van der Waals surface area contributed by atoms with Gasteiger partial charge in [0.05, 0.1) is 12.6 Å². The number of benzene rings is 1. The normalized spacial score (nSPS) is 19.6. The number of carbonyl (C=O) groups excluding carboxylic acids is 3. The van der Waals surface area contributed by atoms with Crippen molar-refractivity contribution in [2.75, 3.05) is 32.7 Å². The van der Waals surface area contributed by atoms with Crippen molar-refractivity contribution >= 4 is 17.8 Å². The second-order valence-corrected chi connectivity index (χ2v) is 6.47. The molecule has 25 heavy (non-hydrogen) atoms. The van der Waals surface area contributed by atoms with Crippen molar-refractivity contribution in [2.45, 2.75) is 25.3 Å². The summed E-state index contributed by atoms with van der Waals surface area (Å²) in [7, 11) is 0. The van der Waals surface area contributed by atoms with Crippen molar-refractivity contribution in [1.29, 1.82) is 0 Å². The van der Waals surface area contributed by atoms with E-state index in [4.69, 9.17) is 0 Å². The topological polar surface area (TPSA) is 81.8 Å². The van der Waals surface area contributed by atoms with E-state index in [2.05, 4.69) is 27.7 Å². The zero-order chi connectivity index (χ0) is 17.6. The molecule has 2 fully saturated rings. The molecule has 0 saturated carbocycles. The van der Waals surface area contributed by atoms with Gasteiger partial charge in [-0.05, 0) is 31.5 Å². The summed E-state index contributed by atoms with van der Waals surface area (Å²) in [4.78, 5) is 38.7. The molecule has 1 aromatic rings. The van der Waals surface area contributed by atoms with Gasteiger partial charge in [-0.25, -0.2) is 4.79 Å². The molecule has 2 saturated heterocycles. The lowest BCUT2D eigenvalue weighted by molar-refractivity contribution is -0.130. The molecule has 2 aliphatic heterocycles. The molecule has 134 valence electrons. The van der Waals surface area contributed by atoms with E-state index in [-0.39, 0.29) is 30.9 Å². The summed E-state index contributed by atoms with van der Waals surface area (Å²) in [6.45, 7) is 2.23. The van der Waals surface area contributed by atoms with E-state index in [0.29, 0.717) is 6.54 Å². The van der Waals surface area contributed by atoms with Gasteiger partial charge in [0.2, 0.25) is 5.91 Å². The van der Waals surface area contributed by atoms with Crippen molar-refractivity contribution in [3.63, 3.8) is 0 Å². The standard InChI is InChI=1S/C18H24N4O3/c23-16(13-22-17(24)12-20-18(22)25)19-11-15(14-7-3-1-4-8-14)21-9-5-2-6-10-21/h1,3-4,7-8,15H,2,5-6,9-13H2,(H,19,23)(H,20,25). The average Bonchev–Trinajstić information content (AvgIpc) is 2.96. The first kappa shape index (κ1) is 17.4. The van der Waals surface area contributed by atoms with Crippen LogP contribution in [0.2, 0.25) is 0 Å². The number of nitrogens with one attached hydrogen (secondary N) is 2. The monoisotopic (exact) mass is 344 g/mol. The molecule has 2 N–H and O–H groups in total. The van der Waals surface area contributed by atoms with Crippen LogP contribution < -0.4 is 10.6 Å². The van der Waals surface area contributed by atoms with Crippen LogP contribution in [0.25, 0.3) is 0 Å². The molecular weight excluding hydrogens is 320 g/mol. The fourth-order valence-corrected chi connectivity index (χ4v) is 3.39. The third-order valence-corrected chi connectivity index (χ3v) is 4.75. The highest BCUT2D eigenvalue weighted by molar-refractivity contribution is 6.04. The Morgan fingerprint density at radius 3 is 2.48 bits per heavy atom. The highest BCUT2D eigenvalue weighted by Gasteiger charge is 2.30. The number of hydrogen-bond acceptors (Lipinski definition) is 4. The van der Waals surface area contributed by atoms with Gasteiger partial charge in [0, 0.05) is 6.54 Å². The van der Waals surface area contributed by atoms with Crippen molar-refractivity contribution in [3.8, 4) is 0 Å². The lowest BCUT2D eigenvalue weighted by Crippen LogP contribution is -2.45. The van der Waals surface area contributed by atoms with Gasteiger partial charge in [0.1, 0.15) is 6.54 Å². The number of imide groups is 1. The highest BCUT2D eigenvalue weighted by atomic mass is 16.2. The third-order valence-electron chi connectivity index (χ3n) is 4.75. The van der Waals surface area contributed by atoms with E-state index >= 15 is 0 Å². The van der Waals surface area contributed by atoms with Crippen LogP contribution in [-0.2, 0) is 9.59 Å². The lowest BCUT2D eigenvalue weighted by Gasteiger charge is -2.35. The minimum absolute atomic E-state index is 0.0352. The van der Waals surface area contributed by atoms with Crippen LogP contribution in [0.1, 0.15) is 30.9 Å². The third kappa shape index (κ3) is 4.36. The van der Waals surface area contributed by atoms with Gasteiger partial charge in [0.25, 0.3) is 5.91 Å².